The van der Waals surface area contributed by atoms with E-state index < -0.39 is 17.0 Å². The van der Waals surface area contributed by atoms with Gasteiger partial charge in [-0.15, -0.1) is 0 Å². The standard InChI is InChI=1S/C14H24N2O3/c1-6-7-8-14(5)11(18)16(12(19)15-14)9-10(17)13(2,3)4/h6-9H2,1-5H3,(H,15,19). The highest BCUT2D eigenvalue weighted by Gasteiger charge is 2.48. The van der Waals surface area contributed by atoms with Gasteiger partial charge in [-0.25, -0.2) is 4.79 Å². The predicted molar refractivity (Wildman–Crippen MR) is 72.6 cm³/mol. The van der Waals surface area contributed by atoms with Gasteiger partial charge in [0.2, 0.25) is 0 Å². The van der Waals surface area contributed by atoms with Crippen LogP contribution in [0.3, 0.4) is 0 Å². The number of unbranched alkanes of at least 4 members (excludes halogenated alkanes) is 1. The Morgan fingerprint density at radius 2 is 1.89 bits per heavy atom. The van der Waals surface area contributed by atoms with Crippen molar-refractivity contribution in [1.29, 1.82) is 0 Å². The lowest BCUT2D eigenvalue weighted by atomic mass is 9.90. The first-order valence-electron chi connectivity index (χ1n) is 6.79. The quantitative estimate of drug-likeness (QED) is 0.776. The molecule has 1 aliphatic heterocycles. The van der Waals surface area contributed by atoms with Gasteiger partial charge < -0.3 is 5.32 Å². The zero-order valence-corrected chi connectivity index (χ0v) is 12.5. The van der Waals surface area contributed by atoms with Crippen molar-refractivity contribution < 1.29 is 14.4 Å². The number of ketones is 1. The number of urea groups is 1. The third kappa shape index (κ3) is 3.33. The van der Waals surface area contributed by atoms with Gasteiger partial charge in [-0.1, -0.05) is 40.5 Å². The van der Waals surface area contributed by atoms with Gasteiger partial charge in [0.1, 0.15) is 5.54 Å². The molecule has 1 unspecified atom stereocenters. The molecular weight excluding hydrogens is 244 g/mol. The molecule has 1 atom stereocenters. The lowest BCUT2D eigenvalue weighted by Gasteiger charge is -2.23. The molecule has 108 valence electrons. The molecule has 3 amide bonds. The summed E-state index contributed by atoms with van der Waals surface area (Å²) < 4.78 is 0. The Hall–Kier alpha value is -1.39. The average molecular weight is 268 g/mol. The highest BCUT2D eigenvalue weighted by molar-refractivity contribution is 6.09. The van der Waals surface area contributed by atoms with E-state index in [1.807, 2.05) is 6.92 Å². The molecule has 1 N–H and O–H groups in total. The first-order valence-corrected chi connectivity index (χ1v) is 6.79. The summed E-state index contributed by atoms with van der Waals surface area (Å²) in [4.78, 5) is 37.2. The van der Waals surface area contributed by atoms with Gasteiger partial charge in [-0.05, 0) is 13.3 Å². The second-order valence-electron chi connectivity index (χ2n) is 6.43. The van der Waals surface area contributed by atoms with Crippen LogP contribution >= 0.6 is 0 Å². The van der Waals surface area contributed by atoms with Crippen molar-refractivity contribution in [1.82, 2.24) is 10.2 Å². The normalized spacial score (nSPS) is 23.7. The molecule has 1 aliphatic rings. The summed E-state index contributed by atoms with van der Waals surface area (Å²) in [5.74, 6) is -0.403. The van der Waals surface area contributed by atoms with Crippen molar-refractivity contribution in [3.8, 4) is 0 Å². The van der Waals surface area contributed by atoms with E-state index in [2.05, 4.69) is 5.32 Å². The summed E-state index contributed by atoms with van der Waals surface area (Å²) in [6, 6.07) is -0.457. The highest BCUT2D eigenvalue weighted by Crippen LogP contribution is 2.24. The number of hydrogen-bond acceptors (Lipinski definition) is 3. The number of rotatable bonds is 5. The maximum absolute atomic E-state index is 12.3. The molecule has 0 aliphatic carbocycles. The molecule has 1 fully saturated rings. The Kier molecular flexibility index (Phi) is 4.38. The van der Waals surface area contributed by atoms with Crippen LogP contribution in [0.4, 0.5) is 4.79 Å². The lowest BCUT2D eigenvalue weighted by molar-refractivity contribution is -0.136. The Balaban J connectivity index is 2.80. The summed E-state index contributed by atoms with van der Waals surface area (Å²) >= 11 is 0. The number of Topliss-reactive ketones (excluding diaryl/α,β-unsaturated/α-hetero) is 1. The second kappa shape index (κ2) is 5.31. The molecule has 0 spiro atoms. The summed E-state index contributed by atoms with van der Waals surface area (Å²) in [6.45, 7) is 8.96. The average Bonchev–Trinajstić information content (AvgIpc) is 2.49. The second-order valence-corrected chi connectivity index (χ2v) is 6.43. The van der Waals surface area contributed by atoms with E-state index in [1.54, 1.807) is 27.7 Å². The number of amides is 3. The van der Waals surface area contributed by atoms with E-state index in [0.29, 0.717) is 6.42 Å². The van der Waals surface area contributed by atoms with E-state index in [-0.39, 0.29) is 18.2 Å². The van der Waals surface area contributed by atoms with Crippen LogP contribution in [0.15, 0.2) is 0 Å². The predicted octanol–water partition coefficient (Wildman–Crippen LogP) is 2.10. The van der Waals surface area contributed by atoms with E-state index in [0.717, 1.165) is 17.7 Å². The Morgan fingerprint density at radius 3 is 2.37 bits per heavy atom. The largest absolute Gasteiger partial charge is 0.325 e. The minimum atomic E-state index is -0.856. The van der Waals surface area contributed by atoms with Gasteiger partial charge in [0, 0.05) is 5.41 Å². The Bertz CT molecular complexity index is 398. The van der Waals surface area contributed by atoms with Gasteiger partial charge in [0.25, 0.3) is 5.91 Å². The molecule has 1 rings (SSSR count). The van der Waals surface area contributed by atoms with Crippen LogP contribution in [-0.2, 0) is 9.59 Å². The number of nitrogens with one attached hydrogen (secondary N) is 1. The molecule has 0 aromatic carbocycles. The molecule has 0 aromatic rings. The summed E-state index contributed by atoms with van der Waals surface area (Å²) in [7, 11) is 0. The van der Waals surface area contributed by atoms with E-state index in [1.165, 1.54) is 0 Å². The fourth-order valence-corrected chi connectivity index (χ4v) is 1.97. The van der Waals surface area contributed by atoms with Crippen molar-refractivity contribution in [2.45, 2.75) is 59.4 Å². The van der Waals surface area contributed by atoms with Crippen LogP contribution in [0.1, 0.15) is 53.9 Å². The maximum atomic E-state index is 12.3. The fraction of sp³-hybridized carbons (Fsp3) is 0.786. The van der Waals surface area contributed by atoms with Crippen LogP contribution < -0.4 is 5.32 Å². The molecule has 0 bridgehead atoms. The van der Waals surface area contributed by atoms with Crippen molar-refractivity contribution in [3.05, 3.63) is 0 Å². The molecule has 0 aromatic heterocycles. The zero-order chi connectivity index (χ0) is 14.8. The number of nitrogens with zero attached hydrogens (tertiary/aromatic N) is 1. The third-order valence-corrected chi connectivity index (χ3v) is 3.51. The summed E-state index contributed by atoms with van der Waals surface area (Å²) in [5.41, 5.74) is -1.41. The van der Waals surface area contributed by atoms with Gasteiger partial charge in [-0.2, -0.15) is 0 Å². The van der Waals surface area contributed by atoms with Gasteiger partial charge in [-0.3, -0.25) is 14.5 Å². The number of carbonyl (C=O) groups is 3. The third-order valence-electron chi connectivity index (χ3n) is 3.51. The van der Waals surface area contributed by atoms with Crippen LogP contribution in [0.5, 0.6) is 0 Å². The highest BCUT2D eigenvalue weighted by atomic mass is 16.2. The van der Waals surface area contributed by atoms with Crippen molar-refractivity contribution in [2.75, 3.05) is 6.54 Å². The topological polar surface area (TPSA) is 66.5 Å². The molecule has 0 radical (unpaired) electrons. The van der Waals surface area contributed by atoms with Crippen LogP contribution in [0.2, 0.25) is 0 Å². The van der Waals surface area contributed by atoms with Gasteiger partial charge in [0.15, 0.2) is 5.78 Å². The Morgan fingerprint density at radius 1 is 1.32 bits per heavy atom. The van der Waals surface area contributed by atoms with Gasteiger partial charge in [0.05, 0.1) is 6.54 Å². The van der Waals surface area contributed by atoms with E-state index >= 15 is 0 Å². The lowest BCUT2D eigenvalue weighted by Crippen LogP contribution is -2.44. The molecular formula is C14H24N2O3. The molecule has 1 heterocycles. The first-order chi connectivity index (χ1) is 8.62. The molecule has 5 nitrogen and oxygen atoms in total. The SMILES string of the molecule is CCCCC1(C)NC(=O)N(CC(=O)C(C)(C)C)C1=O. The van der Waals surface area contributed by atoms with E-state index in [9.17, 15) is 14.4 Å². The van der Waals surface area contributed by atoms with Crippen molar-refractivity contribution >= 4 is 17.7 Å². The number of hydrogen-bond donors (Lipinski definition) is 1. The minimum Gasteiger partial charge on any atom is -0.323 e. The Labute approximate surface area is 114 Å². The maximum Gasteiger partial charge on any atom is 0.325 e. The van der Waals surface area contributed by atoms with Crippen LogP contribution in [0, 0.1) is 5.41 Å². The van der Waals surface area contributed by atoms with Crippen molar-refractivity contribution in [2.24, 2.45) is 5.41 Å². The van der Waals surface area contributed by atoms with Gasteiger partial charge >= 0.3 is 6.03 Å². The number of imide groups is 1. The zero-order valence-electron chi connectivity index (χ0n) is 12.5. The first kappa shape index (κ1) is 15.7. The number of carbonyl (C=O) groups excluding carboxylic acids is 3. The molecule has 0 saturated carbocycles. The van der Waals surface area contributed by atoms with Crippen LogP contribution in [0.25, 0.3) is 0 Å². The molecule has 5 heteroatoms. The fourth-order valence-electron chi connectivity index (χ4n) is 1.97. The van der Waals surface area contributed by atoms with Crippen LogP contribution in [-0.4, -0.2) is 34.7 Å². The van der Waals surface area contributed by atoms with Crippen molar-refractivity contribution in [3.63, 3.8) is 0 Å². The molecule has 19 heavy (non-hydrogen) atoms. The minimum absolute atomic E-state index is 0.115. The monoisotopic (exact) mass is 268 g/mol. The summed E-state index contributed by atoms with van der Waals surface area (Å²) in [5, 5.41) is 2.71. The smallest absolute Gasteiger partial charge is 0.323 e. The summed E-state index contributed by atoms with van der Waals surface area (Å²) in [6.07, 6.45) is 2.43. The molecule has 1 saturated heterocycles. The van der Waals surface area contributed by atoms with E-state index in [4.69, 9.17) is 0 Å².